The Morgan fingerprint density at radius 1 is 1.40 bits per heavy atom. The summed E-state index contributed by atoms with van der Waals surface area (Å²) in [5.41, 5.74) is 6.87. The van der Waals surface area contributed by atoms with E-state index in [0.717, 1.165) is 9.48 Å². The third-order valence-electron chi connectivity index (χ3n) is 2.57. The van der Waals surface area contributed by atoms with Crippen LogP contribution in [0.2, 0.25) is 0 Å². The number of pyridine rings is 1. The minimum absolute atomic E-state index is 0.172. The normalized spacial score (nSPS) is 11.4. The number of hydrogen-bond donors (Lipinski definition) is 2. The quantitative estimate of drug-likeness (QED) is 0.865. The molecule has 0 aliphatic rings. The minimum Gasteiger partial charge on any atom is -0.384 e. The van der Waals surface area contributed by atoms with Gasteiger partial charge in [0.2, 0.25) is 0 Å². The summed E-state index contributed by atoms with van der Waals surface area (Å²) in [6.45, 7) is 6.07. The van der Waals surface area contributed by atoms with Crippen LogP contribution in [-0.2, 0) is 5.41 Å². The fourth-order valence-corrected chi connectivity index (χ4v) is 2.65. The Morgan fingerprint density at radius 2 is 2.10 bits per heavy atom. The molecule has 0 aliphatic carbocycles. The average Bonchev–Trinajstić information content (AvgIpc) is 2.72. The lowest BCUT2D eigenvalue weighted by molar-refractivity contribution is 0.102. The number of amides is 1. The van der Waals surface area contributed by atoms with Gasteiger partial charge in [-0.05, 0) is 28.1 Å². The Bertz CT molecular complexity index is 648. The van der Waals surface area contributed by atoms with Crippen molar-refractivity contribution in [3.05, 3.63) is 33.4 Å². The first-order valence-electron chi connectivity index (χ1n) is 5.96. The lowest BCUT2D eigenvalue weighted by Crippen LogP contribution is -2.18. The maximum atomic E-state index is 12.2. The molecule has 0 spiro atoms. The molecule has 2 aromatic heterocycles. The molecular weight excluding hydrogens is 340 g/mol. The van der Waals surface area contributed by atoms with Crippen molar-refractivity contribution < 1.29 is 4.79 Å². The fraction of sp³-hybridized carbons (Fsp3) is 0.308. The molecule has 106 valence electrons. The summed E-state index contributed by atoms with van der Waals surface area (Å²) in [7, 11) is 0. The summed E-state index contributed by atoms with van der Waals surface area (Å²) in [5.74, 6) is 0.0920. The van der Waals surface area contributed by atoms with Gasteiger partial charge in [-0.25, -0.2) is 9.97 Å². The number of nitrogens with zero attached hydrogens (tertiary/aromatic N) is 2. The van der Waals surface area contributed by atoms with Gasteiger partial charge in [0, 0.05) is 16.7 Å². The van der Waals surface area contributed by atoms with Crippen LogP contribution in [0.25, 0.3) is 0 Å². The molecule has 3 N–H and O–H groups in total. The maximum Gasteiger partial charge on any atom is 0.257 e. The van der Waals surface area contributed by atoms with E-state index >= 15 is 0 Å². The third-order valence-corrected chi connectivity index (χ3v) is 3.97. The summed E-state index contributed by atoms with van der Waals surface area (Å²) in [5, 5.41) is 3.28. The van der Waals surface area contributed by atoms with Crippen molar-refractivity contribution in [2.45, 2.75) is 26.2 Å². The number of thiazole rings is 1. The molecule has 0 radical (unpaired) electrons. The van der Waals surface area contributed by atoms with E-state index in [0.29, 0.717) is 16.5 Å². The summed E-state index contributed by atoms with van der Waals surface area (Å²) in [6, 6.07) is 3.32. The van der Waals surface area contributed by atoms with E-state index in [1.807, 2.05) is 20.8 Å². The number of rotatable bonds is 2. The molecule has 0 fully saturated rings. The van der Waals surface area contributed by atoms with Gasteiger partial charge in [0.25, 0.3) is 5.91 Å². The number of carbonyl (C=O) groups excluding carboxylic acids is 1. The Kier molecular flexibility index (Phi) is 4.10. The molecule has 7 heteroatoms. The van der Waals surface area contributed by atoms with Crippen LogP contribution in [0.1, 0.15) is 36.8 Å². The molecule has 0 atom stereocenters. The number of aromatic nitrogens is 2. The van der Waals surface area contributed by atoms with Gasteiger partial charge in [-0.3, -0.25) is 10.1 Å². The first-order chi connectivity index (χ1) is 9.25. The van der Waals surface area contributed by atoms with E-state index in [1.54, 1.807) is 18.3 Å². The molecule has 5 nitrogen and oxygen atoms in total. The first kappa shape index (κ1) is 14.9. The first-order valence-corrected chi connectivity index (χ1v) is 7.57. The van der Waals surface area contributed by atoms with E-state index in [-0.39, 0.29) is 11.3 Å². The van der Waals surface area contributed by atoms with E-state index in [2.05, 4.69) is 31.2 Å². The second-order valence-corrected chi connectivity index (χ2v) is 7.75. The predicted molar refractivity (Wildman–Crippen MR) is 85.1 cm³/mol. The van der Waals surface area contributed by atoms with E-state index in [9.17, 15) is 4.79 Å². The van der Waals surface area contributed by atoms with Gasteiger partial charge in [-0.2, -0.15) is 0 Å². The van der Waals surface area contributed by atoms with Crippen molar-refractivity contribution in [1.82, 2.24) is 9.97 Å². The van der Waals surface area contributed by atoms with Crippen molar-refractivity contribution in [3.8, 4) is 0 Å². The molecule has 2 aromatic rings. The van der Waals surface area contributed by atoms with Gasteiger partial charge >= 0.3 is 0 Å². The molecule has 0 unspecified atom stereocenters. The number of anilines is 2. The second kappa shape index (κ2) is 5.49. The summed E-state index contributed by atoms with van der Waals surface area (Å²) in [6.07, 6.45) is 1.64. The predicted octanol–water partition coefficient (Wildman–Crippen LogP) is 3.43. The maximum absolute atomic E-state index is 12.2. The van der Waals surface area contributed by atoms with Gasteiger partial charge in [0.1, 0.15) is 5.82 Å². The molecule has 0 saturated heterocycles. The molecule has 1 amide bonds. The highest BCUT2D eigenvalue weighted by molar-refractivity contribution is 9.11. The van der Waals surface area contributed by atoms with Crippen LogP contribution in [-0.4, -0.2) is 15.9 Å². The highest BCUT2D eigenvalue weighted by Crippen LogP contribution is 2.25. The fourth-order valence-electron chi connectivity index (χ4n) is 1.55. The van der Waals surface area contributed by atoms with Gasteiger partial charge < -0.3 is 5.73 Å². The highest BCUT2D eigenvalue weighted by atomic mass is 79.9. The largest absolute Gasteiger partial charge is 0.384 e. The summed E-state index contributed by atoms with van der Waals surface area (Å²) < 4.78 is 0.859. The van der Waals surface area contributed by atoms with Crippen LogP contribution in [0.15, 0.2) is 22.1 Å². The summed E-state index contributed by atoms with van der Waals surface area (Å²) >= 11 is 4.65. The van der Waals surface area contributed by atoms with Crippen molar-refractivity contribution in [1.29, 1.82) is 0 Å². The Balaban J connectivity index is 2.28. The van der Waals surface area contributed by atoms with Crippen molar-refractivity contribution >= 4 is 44.1 Å². The number of nitrogen functional groups attached to an aromatic ring is 1. The zero-order chi connectivity index (χ0) is 14.9. The van der Waals surface area contributed by atoms with E-state index in [4.69, 9.17) is 5.73 Å². The van der Waals surface area contributed by atoms with Crippen LogP contribution in [0.4, 0.5) is 10.9 Å². The van der Waals surface area contributed by atoms with Crippen molar-refractivity contribution in [2.75, 3.05) is 11.1 Å². The van der Waals surface area contributed by atoms with E-state index in [1.165, 1.54) is 11.3 Å². The molecule has 0 aromatic carbocycles. The number of carbonyl (C=O) groups is 1. The molecule has 20 heavy (non-hydrogen) atoms. The zero-order valence-electron chi connectivity index (χ0n) is 11.4. The van der Waals surface area contributed by atoms with Crippen LogP contribution in [0.5, 0.6) is 0 Å². The third kappa shape index (κ3) is 3.55. The molecular formula is C13H15BrN4OS. The van der Waals surface area contributed by atoms with Gasteiger partial charge in [0.15, 0.2) is 5.13 Å². The lowest BCUT2D eigenvalue weighted by atomic mass is 9.90. The zero-order valence-corrected chi connectivity index (χ0v) is 13.8. The summed E-state index contributed by atoms with van der Waals surface area (Å²) in [4.78, 5) is 20.6. The van der Waals surface area contributed by atoms with Gasteiger partial charge in [-0.1, -0.05) is 32.1 Å². The smallest absolute Gasteiger partial charge is 0.257 e. The Labute approximate surface area is 129 Å². The van der Waals surface area contributed by atoms with Crippen molar-refractivity contribution in [2.24, 2.45) is 0 Å². The molecule has 0 saturated carbocycles. The molecule has 2 rings (SSSR count). The van der Waals surface area contributed by atoms with Gasteiger partial charge in [0.05, 0.1) is 9.98 Å². The molecule has 0 bridgehead atoms. The van der Waals surface area contributed by atoms with Crippen LogP contribution in [0.3, 0.4) is 0 Å². The van der Waals surface area contributed by atoms with Crippen LogP contribution in [0, 0.1) is 0 Å². The van der Waals surface area contributed by atoms with Crippen LogP contribution < -0.4 is 11.1 Å². The minimum atomic E-state index is -0.244. The number of hydrogen-bond acceptors (Lipinski definition) is 5. The SMILES string of the molecule is CC(C)(C)c1cc(C(=O)Nc2ncc(Br)s2)cc(N)n1. The lowest BCUT2D eigenvalue weighted by Gasteiger charge is -2.18. The van der Waals surface area contributed by atoms with Gasteiger partial charge in [-0.15, -0.1) is 0 Å². The number of nitrogens with two attached hydrogens (primary N) is 1. The second-order valence-electron chi connectivity index (χ2n) is 5.34. The number of nitrogens with one attached hydrogen (secondary N) is 1. The van der Waals surface area contributed by atoms with Crippen LogP contribution >= 0.6 is 27.3 Å². The standard InChI is InChI=1S/C13H15BrN4OS/c1-13(2,3)8-4-7(5-10(15)17-8)11(19)18-12-16-6-9(14)20-12/h4-6H,1-3H3,(H2,15,17)(H,16,18,19). The number of halogens is 1. The molecule has 0 aliphatic heterocycles. The Morgan fingerprint density at radius 3 is 2.65 bits per heavy atom. The van der Waals surface area contributed by atoms with Crippen molar-refractivity contribution in [3.63, 3.8) is 0 Å². The topological polar surface area (TPSA) is 80.9 Å². The Hall–Kier alpha value is -1.47. The average molecular weight is 355 g/mol. The monoisotopic (exact) mass is 354 g/mol. The highest BCUT2D eigenvalue weighted by Gasteiger charge is 2.19. The molecule has 2 heterocycles. The van der Waals surface area contributed by atoms with E-state index < -0.39 is 0 Å².